The van der Waals surface area contributed by atoms with Crippen LogP contribution in [-0.2, 0) is 4.79 Å². The van der Waals surface area contributed by atoms with Gasteiger partial charge in [0, 0.05) is 50.0 Å². The Morgan fingerprint density at radius 1 is 1.03 bits per heavy atom. The van der Waals surface area contributed by atoms with Gasteiger partial charge in [-0.25, -0.2) is 0 Å². The first-order valence-corrected chi connectivity index (χ1v) is 10.7. The number of nitrogens with one attached hydrogen (secondary N) is 1. The number of hydrogen-bond donors (Lipinski definition) is 3. The molecule has 1 unspecified atom stereocenters. The lowest BCUT2D eigenvalue weighted by molar-refractivity contribution is -0.143. The summed E-state index contributed by atoms with van der Waals surface area (Å²) >= 11 is 0. The summed E-state index contributed by atoms with van der Waals surface area (Å²) in [5, 5.41) is 15.9. The summed E-state index contributed by atoms with van der Waals surface area (Å²) in [5.41, 5.74) is 8.32. The van der Waals surface area contributed by atoms with Crippen LogP contribution in [0.25, 0.3) is 11.1 Å². The first kappa shape index (κ1) is 21.9. The van der Waals surface area contributed by atoms with Crippen molar-refractivity contribution in [2.75, 3.05) is 38.5 Å². The summed E-state index contributed by atoms with van der Waals surface area (Å²) in [6.07, 6.45) is 0.113. The molecule has 1 aliphatic heterocycles. The van der Waals surface area contributed by atoms with Crippen molar-refractivity contribution < 1.29 is 14.7 Å². The van der Waals surface area contributed by atoms with Gasteiger partial charge >= 0.3 is 0 Å². The fourth-order valence-electron chi connectivity index (χ4n) is 3.99. The molecule has 0 radical (unpaired) electrons. The van der Waals surface area contributed by atoms with Gasteiger partial charge in [0.25, 0.3) is 11.8 Å². The highest BCUT2D eigenvalue weighted by Crippen LogP contribution is 2.37. The SMILES string of the molecule is CNc1cc(-c2ccc(C(=O)N3CCN(C(=O)C4(O)CC4)CC3)cc2)ccc1C(N)N=O. The van der Waals surface area contributed by atoms with E-state index in [1.165, 1.54) is 0 Å². The fraction of sp³-hybridized carbons (Fsp3) is 0.391. The number of hydrogen-bond acceptors (Lipinski definition) is 7. The van der Waals surface area contributed by atoms with Crippen LogP contribution in [0.15, 0.2) is 47.6 Å². The van der Waals surface area contributed by atoms with Crippen LogP contribution in [0.2, 0.25) is 0 Å². The van der Waals surface area contributed by atoms with Crippen LogP contribution >= 0.6 is 0 Å². The Morgan fingerprint density at radius 3 is 2.19 bits per heavy atom. The van der Waals surface area contributed by atoms with E-state index in [1.54, 1.807) is 35.0 Å². The molecule has 32 heavy (non-hydrogen) atoms. The third-order valence-corrected chi connectivity index (χ3v) is 6.20. The second-order valence-electron chi connectivity index (χ2n) is 8.30. The molecule has 168 valence electrons. The molecule has 1 saturated carbocycles. The Balaban J connectivity index is 1.42. The summed E-state index contributed by atoms with van der Waals surface area (Å²) in [6, 6.07) is 12.8. The fourth-order valence-corrected chi connectivity index (χ4v) is 3.99. The molecule has 1 atom stereocenters. The lowest BCUT2D eigenvalue weighted by Gasteiger charge is -2.35. The van der Waals surface area contributed by atoms with Crippen LogP contribution in [0.3, 0.4) is 0 Å². The number of aliphatic hydroxyl groups is 1. The maximum atomic E-state index is 12.9. The third-order valence-electron chi connectivity index (χ3n) is 6.20. The van der Waals surface area contributed by atoms with Crippen LogP contribution < -0.4 is 11.1 Å². The number of nitrogens with two attached hydrogens (primary N) is 1. The van der Waals surface area contributed by atoms with Gasteiger partial charge in [-0.3, -0.25) is 9.59 Å². The number of anilines is 1. The van der Waals surface area contributed by atoms with Crippen molar-refractivity contribution in [1.29, 1.82) is 0 Å². The summed E-state index contributed by atoms with van der Waals surface area (Å²) < 4.78 is 0. The van der Waals surface area contributed by atoms with Crippen molar-refractivity contribution in [3.8, 4) is 11.1 Å². The molecule has 2 aromatic carbocycles. The highest BCUT2D eigenvalue weighted by molar-refractivity contribution is 5.95. The molecule has 0 aromatic heterocycles. The van der Waals surface area contributed by atoms with Crippen molar-refractivity contribution in [3.05, 3.63) is 58.5 Å². The highest BCUT2D eigenvalue weighted by atomic mass is 16.3. The number of amides is 2. The molecule has 4 rings (SSSR count). The Bertz CT molecular complexity index is 1030. The zero-order valence-corrected chi connectivity index (χ0v) is 18.0. The van der Waals surface area contributed by atoms with Gasteiger partial charge in [-0.2, -0.15) is 0 Å². The molecule has 1 aliphatic carbocycles. The van der Waals surface area contributed by atoms with Crippen molar-refractivity contribution in [3.63, 3.8) is 0 Å². The van der Waals surface area contributed by atoms with Crippen molar-refractivity contribution in [2.45, 2.75) is 24.6 Å². The van der Waals surface area contributed by atoms with Gasteiger partial charge in [0.2, 0.25) is 0 Å². The predicted octanol–water partition coefficient (Wildman–Crippen LogP) is 1.93. The second kappa shape index (κ2) is 8.68. The van der Waals surface area contributed by atoms with Crippen LogP contribution in [0.1, 0.15) is 34.9 Å². The van der Waals surface area contributed by atoms with Gasteiger partial charge in [0.05, 0.1) is 0 Å². The van der Waals surface area contributed by atoms with E-state index in [2.05, 4.69) is 10.5 Å². The van der Waals surface area contributed by atoms with Crippen LogP contribution in [0.5, 0.6) is 0 Å². The molecule has 0 spiro atoms. The molecular weight excluding hydrogens is 410 g/mol. The zero-order chi connectivity index (χ0) is 22.9. The number of piperazine rings is 1. The van der Waals surface area contributed by atoms with Crippen LogP contribution in [0, 0.1) is 4.91 Å². The van der Waals surface area contributed by atoms with Gasteiger partial charge in [0.15, 0.2) is 6.17 Å². The maximum absolute atomic E-state index is 12.9. The lowest BCUT2D eigenvalue weighted by Crippen LogP contribution is -2.53. The first-order chi connectivity index (χ1) is 15.4. The van der Waals surface area contributed by atoms with E-state index < -0.39 is 11.8 Å². The van der Waals surface area contributed by atoms with Gasteiger partial charge in [-0.15, -0.1) is 4.91 Å². The molecule has 2 fully saturated rings. The number of carbonyl (C=O) groups is 2. The van der Waals surface area contributed by atoms with Crippen molar-refractivity contribution >= 4 is 17.5 Å². The van der Waals surface area contributed by atoms with Gasteiger partial charge in [-0.05, 0) is 47.3 Å². The third kappa shape index (κ3) is 4.21. The zero-order valence-electron chi connectivity index (χ0n) is 18.0. The van der Waals surface area contributed by atoms with E-state index in [0.29, 0.717) is 50.1 Å². The van der Waals surface area contributed by atoms with E-state index >= 15 is 0 Å². The van der Waals surface area contributed by atoms with E-state index in [1.807, 2.05) is 24.3 Å². The number of carbonyl (C=O) groups excluding carboxylic acids is 2. The quantitative estimate of drug-likeness (QED) is 0.593. The maximum Gasteiger partial charge on any atom is 0.254 e. The number of nitroso groups, excluding NO2 is 1. The standard InChI is InChI=1S/C23H27N5O4/c1-25-19-14-17(6-7-18(19)20(24)26-32)15-2-4-16(5-3-15)21(29)27-10-12-28(13-11-27)22(30)23(31)8-9-23/h2-7,14,20,25,31H,8-13,24H2,1H3. The average Bonchev–Trinajstić information content (AvgIpc) is 3.60. The lowest BCUT2D eigenvalue weighted by atomic mass is 10.00. The molecule has 1 heterocycles. The molecule has 2 aromatic rings. The summed E-state index contributed by atoms with van der Waals surface area (Å²) in [5.74, 6) is -0.297. The second-order valence-corrected chi connectivity index (χ2v) is 8.30. The van der Waals surface area contributed by atoms with Gasteiger partial charge in [0.1, 0.15) is 5.60 Å². The summed E-state index contributed by atoms with van der Waals surface area (Å²) in [4.78, 5) is 39.3. The molecule has 2 aliphatic rings. The monoisotopic (exact) mass is 437 g/mol. The first-order valence-electron chi connectivity index (χ1n) is 10.7. The molecule has 0 bridgehead atoms. The largest absolute Gasteiger partial charge is 0.388 e. The van der Waals surface area contributed by atoms with Crippen LogP contribution in [0.4, 0.5) is 5.69 Å². The Kier molecular flexibility index (Phi) is 5.94. The number of benzene rings is 2. The van der Waals surface area contributed by atoms with Crippen molar-refractivity contribution in [2.24, 2.45) is 10.9 Å². The normalized spacial score (nSPS) is 18.1. The molecule has 9 nitrogen and oxygen atoms in total. The topological polar surface area (TPSA) is 128 Å². The Morgan fingerprint density at radius 2 is 1.62 bits per heavy atom. The molecule has 2 amide bonds. The summed E-state index contributed by atoms with van der Waals surface area (Å²) in [7, 11) is 1.75. The van der Waals surface area contributed by atoms with E-state index in [4.69, 9.17) is 5.73 Å². The van der Waals surface area contributed by atoms with E-state index in [0.717, 1.165) is 16.8 Å². The predicted molar refractivity (Wildman–Crippen MR) is 121 cm³/mol. The van der Waals surface area contributed by atoms with E-state index in [-0.39, 0.29) is 11.8 Å². The van der Waals surface area contributed by atoms with Gasteiger partial charge in [-0.1, -0.05) is 24.3 Å². The van der Waals surface area contributed by atoms with Crippen molar-refractivity contribution in [1.82, 2.24) is 9.80 Å². The average molecular weight is 438 g/mol. The Labute approximate surface area is 186 Å². The molecular formula is C23H27N5O4. The number of nitrogens with zero attached hydrogens (tertiary/aromatic N) is 3. The number of rotatable bonds is 6. The van der Waals surface area contributed by atoms with E-state index in [9.17, 15) is 19.6 Å². The minimum absolute atomic E-state index is 0.0805. The Hall–Kier alpha value is -3.30. The molecule has 1 saturated heterocycles. The highest BCUT2D eigenvalue weighted by Gasteiger charge is 2.50. The molecule has 4 N–H and O–H groups in total. The minimum atomic E-state index is -1.16. The minimum Gasteiger partial charge on any atom is -0.388 e. The van der Waals surface area contributed by atoms with Gasteiger partial charge < -0.3 is 26.0 Å². The van der Waals surface area contributed by atoms with Crippen LogP contribution in [-0.4, -0.2) is 65.5 Å². The summed E-state index contributed by atoms with van der Waals surface area (Å²) in [6.45, 7) is 1.75. The smallest absolute Gasteiger partial charge is 0.254 e. The molecule has 9 heteroatoms.